The highest BCUT2D eigenvalue weighted by atomic mass is 15.2. The Balaban J connectivity index is 1.36. The minimum atomic E-state index is 0.855. The Morgan fingerprint density at radius 3 is 1.95 bits per heavy atom. The van der Waals surface area contributed by atoms with Gasteiger partial charge in [-0.25, -0.2) is 0 Å². The van der Waals surface area contributed by atoms with Gasteiger partial charge in [-0.15, -0.1) is 10.2 Å². The molecule has 3 heterocycles. The SMILES string of the molecule is CCCc1ccc2c(c1)c1cc(CCC)ccc1n2-c1ccc(-c2nnc3c4ccccc4ccn23)cc1. The normalized spacial score (nSPS) is 11.8. The van der Waals surface area contributed by atoms with E-state index < -0.39 is 0 Å². The van der Waals surface area contributed by atoms with E-state index in [1.54, 1.807) is 0 Å². The molecule has 0 bridgehead atoms. The van der Waals surface area contributed by atoms with Crippen LogP contribution in [0.5, 0.6) is 0 Å². The lowest BCUT2D eigenvalue weighted by molar-refractivity contribution is 0.923. The van der Waals surface area contributed by atoms with Crippen LogP contribution in [0.25, 0.3) is 55.3 Å². The summed E-state index contributed by atoms with van der Waals surface area (Å²) in [5, 5.41) is 14.1. The van der Waals surface area contributed by atoms with Crippen LogP contribution in [0, 0.1) is 0 Å². The summed E-state index contributed by atoms with van der Waals surface area (Å²) < 4.78 is 4.48. The second-order valence-corrected chi connectivity index (χ2v) is 10.2. The Kier molecular flexibility index (Phi) is 5.47. The zero-order valence-electron chi connectivity index (χ0n) is 21.9. The summed E-state index contributed by atoms with van der Waals surface area (Å²) in [7, 11) is 0. The molecule has 0 atom stereocenters. The number of aryl methyl sites for hydroxylation is 2. The molecule has 0 N–H and O–H groups in total. The lowest BCUT2D eigenvalue weighted by Gasteiger charge is -2.10. The van der Waals surface area contributed by atoms with Crippen molar-refractivity contribution in [1.82, 2.24) is 19.2 Å². The summed E-state index contributed by atoms with van der Waals surface area (Å²) in [6, 6.07) is 33.1. The molecule has 0 amide bonds. The van der Waals surface area contributed by atoms with Crippen molar-refractivity contribution in [2.45, 2.75) is 39.5 Å². The first kappa shape index (κ1) is 22.7. The molecule has 0 saturated carbocycles. The van der Waals surface area contributed by atoms with Crippen LogP contribution in [0.2, 0.25) is 0 Å². The third-order valence-corrected chi connectivity index (χ3v) is 7.66. The van der Waals surface area contributed by atoms with Crippen molar-refractivity contribution in [3.8, 4) is 17.1 Å². The van der Waals surface area contributed by atoms with Crippen molar-refractivity contribution in [3.63, 3.8) is 0 Å². The van der Waals surface area contributed by atoms with E-state index in [9.17, 15) is 0 Å². The molecule has 0 aliphatic rings. The Bertz CT molecular complexity index is 1880. The van der Waals surface area contributed by atoms with E-state index in [4.69, 9.17) is 0 Å². The van der Waals surface area contributed by atoms with Gasteiger partial charge in [0.1, 0.15) is 0 Å². The van der Waals surface area contributed by atoms with Gasteiger partial charge < -0.3 is 4.57 Å². The summed E-state index contributed by atoms with van der Waals surface area (Å²) in [6.45, 7) is 4.49. The van der Waals surface area contributed by atoms with E-state index in [1.165, 1.54) is 38.3 Å². The molecule has 7 rings (SSSR count). The number of hydrogen-bond acceptors (Lipinski definition) is 2. The number of fused-ring (bicyclic) bond motifs is 6. The summed E-state index contributed by atoms with van der Waals surface area (Å²) in [5.74, 6) is 0.855. The van der Waals surface area contributed by atoms with E-state index >= 15 is 0 Å². The summed E-state index contributed by atoms with van der Waals surface area (Å²) in [6.07, 6.45) is 6.58. The third kappa shape index (κ3) is 3.59. The maximum atomic E-state index is 4.57. The number of rotatable bonds is 6. The molecule has 0 fully saturated rings. The fraction of sp³-hybridized carbons (Fsp3) is 0.176. The molecule has 3 aromatic heterocycles. The Labute approximate surface area is 222 Å². The van der Waals surface area contributed by atoms with Crippen molar-refractivity contribution in [3.05, 3.63) is 108 Å². The Morgan fingerprint density at radius 2 is 1.29 bits per heavy atom. The Morgan fingerprint density at radius 1 is 0.632 bits per heavy atom. The van der Waals surface area contributed by atoms with Gasteiger partial charge in [0.15, 0.2) is 11.5 Å². The van der Waals surface area contributed by atoms with Crippen molar-refractivity contribution < 1.29 is 0 Å². The molecular formula is C34H30N4. The highest BCUT2D eigenvalue weighted by molar-refractivity contribution is 6.09. The number of aromatic nitrogens is 4. The predicted molar refractivity (Wildman–Crippen MR) is 158 cm³/mol. The topological polar surface area (TPSA) is 35.1 Å². The lowest BCUT2D eigenvalue weighted by atomic mass is 10.0. The number of benzene rings is 4. The largest absolute Gasteiger partial charge is 0.309 e. The monoisotopic (exact) mass is 494 g/mol. The van der Waals surface area contributed by atoms with Gasteiger partial charge >= 0.3 is 0 Å². The molecule has 0 aliphatic heterocycles. The zero-order valence-corrected chi connectivity index (χ0v) is 21.9. The van der Waals surface area contributed by atoms with Crippen LogP contribution in [-0.4, -0.2) is 19.2 Å². The average molecular weight is 495 g/mol. The van der Waals surface area contributed by atoms with Gasteiger partial charge in [0.05, 0.1) is 11.0 Å². The first-order valence-corrected chi connectivity index (χ1v) is 13.6. The lowest BCUT2D eigenvalue weighted by Crippen LogP contribution is -1.95. The predicted octanol–water partition coefficient (Wildman–Crippen LogP) is 8.55. The third-order valence-electron chi connectivity index (χ3n) is 7.66. The van der Waals surface area contributed by atoms with Crippen LogP contribution in [-0.2, 0) is 12.8 Å². The smallest absolute Gasteiger partial charge is 0.168 e. The molecule has 4 heteroatoms. The van der Waals surface area contributed by atoms with E-state index in [0.29, 0.717) is 0 Å². The van der Waals surface area contributed by atoms with Crippen LogP contribution >= 0.6 is 0 Å². The summed E-state index contributed by atoms with van der Waals surface area (Å²) in [5.41, 5.74) is 8.40. The quantitative estimate of drug-likeness (QED) is 0.232. The molecule has 4 aromatic carbocycles. The molecular weight excluding hydrogens is 464 g/mol. The van der Waals surface area contributed by atoms with Crippen LogP contribution in [0.15, 0.2) is 97.2 Å². The molecule has 186 valence electrons. The van der Waals surface area contributed by atoms with Crippen LogP contribution in [0.1, 0.15) is 37.8 Å². The summed E-state index contributed by atoms with van der Waals surface area (Å²) in [4.78, 5) is 0. The van der Waals surface area contributed by atoms with E-state index in [-0.39, 0.29) is 0 Å². The molecule has 7 aromatic rings. The second-order valence-electron chi connectivity index (χ2n) is 10.2. The van der Waals surface area contributed by atoms with Gasteiger partial charge in [-0.3, -0.25) is 4.40 Å². The van der Waals surface area contributed by atoms with Gasteiger partial charge in [-0.05, 0) is 84.0 Å². The minimum absolute atomic E-state index is 0.855. The van der Waals surface area contributed by atoms with Crippen LogP contribution in [0.3, 0.4) is 0 Å². The van der Waals surface area contributed by atoms with E-state index in [0.717, 1.165) is 53.8 Å². The van der Waals surface area contributed by atoms with Gasteiger partial charge in [0, 0.05) is 33.6 Å². The minimum Gasteiger partial charge on any atom is -0.309 e. The molecule has 0 spiro atoms. The summed E-state index contributed by atoms with van der Waals surface area (Å²) >= 11 is 0. The fourth-order valence-corrected chi connectivity index (χ4v) is 5.86. The first-order chi connectivity index (χ1) is 18.7. The van der Waals surface area contributed by atoms with E-state index in [2.05, 4.69) is 124 Å². The number of hydrogen-bond donors (Lipinski definition) is 0. The van der Waals surface area contributed by atoms with Gasteiger partial charge in [-0.1, -0.05) is 63.1 Å². The van der Waals surface area contributed by atoms with Crippen molar-refractivity contribution in [2.75, 3.05) is 0 Å². The van der Waals surface area contributed by atoms with Gasteiger partial charge in [0.25, 0.3) is 0 Å². The highest BCUT2D eigenvalue weighted by Crippen LogP contribution is 2.34. The highest BCUT2D eigenvalue weighted by Gasteiger charge is 2.15. The fourth-order valence-electron chi connectivity index (χ4n) is 5.86. The number of nitrogens with zero attached hydrogens (tertiary/aromatic N) is 4. The molecule has 0 aliphatic carbocycles. The van der Waals surface area contributed by atoms with Gasteiger partial charge in [0.2, 0.25) is 0 Å². The first-order valence-electron chi connectivity index (χ1n) is 13.6. The van der Waals surface area contributed by atoms with Crippen molar-refractivity contribution in [2.24, 2.45) is 0 Å². The van der Waals surface area contributed by atoms with Crippen molar-refractivity contribution >= 4 is 38.2 Å². The standard InChI is InChI=1S/C34H30N4/c1-3-7-23-11-17-31-29(21-23)30-22-24(8-4-2)12-18-32(30)38(31)27-15-13-26(14-16-27)33-35-36-34-28-10-6-5-9-25(28)19-20-37(33)34/h5-6,9-22H,3-4,7-8H2,1-2H3. The zero-order chi connectivity index (χ0) is 25.6. The molecule has 0 radical (unpaired) electrons. The molecule has 38 heavy (non-hydrogen) atoms. The molecule has 0 saturated heterocycles. The van der Waals surface area contributed by atoms with Crippen LogP contribution in [0.4, 0.5) is 0 Å². The average Bonchev–Trinajstić information content (AvgIpc) is 3.53. The van der Waals surface area contributed by atoms with Crippen LogP contribution < -0.4 is 0 Å². The Hall–Kier alpha value is -4.44. The molecule has 4 nitrogen and oxygen atoms in total. The maximum absolute atomic E-state index is 4.57. The van der Waals surface area contributed by atoms with Crippen molar-refractivity contribution in [1.29, 1.82) is 0 Å². The van der Waals surface area contributed by atoms with Gasteiger partial charge in [-0.2, -0.15) is 0 Å². The number of pyridine rings is 1. The molecule has 0 unspecified atom stereocenters. The maximum Gasteiger partial charge on any atom is 0.168 e. The van der Waals surface area contributed by atoms with E-state index in [1.807, 2.05) is 6.07 Å². The second kappa shape index (κ2) is 9.14.